The Morgan fingerprint density at radius 2 is 0.803 bits per heavy atom. The molecule has 0 saturated carbocycles. The van der Waals surface area contributed by atoms with E-state index < -0.39 is 0 Å². The summed E-state index contributed by atoms with van der Waals surface area (Å²) in [6, 6.07) is 67.6. The standard InChI is InChI=1S/C60H48N4S2/c1-5-41-17-13-15-39(3)57(41)61(45-19-9-7-10-20-45)47-23-27-49(28-24-47)63-53-35-43-31-33-65-55(43)37-51(53)60-59(63)52-38-56-44(32-34-66-56)36-54(52)64(60)50-29-25-48(26-30-50)62(46-21-11-8-12-22-46)58-40(4)16-14-18-42(58)6-2/h7-38H,5-6H2,1-4H3. The summed E-state index contributed by atoms with van der Waals surface area (Å²) < 4.78 is 7.63. The van der Waals surface area contributed by atoms with Gasteiger partial charge in [-0.1, -0.05) is 86.6 Å². The van der Waals surface area contributed by atoms with Gasteiger partial charge in [0.1, 0.15) is 0 Å². The Morgan fingerprint density at radius 1 is 0.409 bits per heavy atom. The quantitative estimate of drug-likeness (QED) is 0.136. The second kappa shape index (κ2) is 16.2. The summed E-state index contributed by atoms with van der Waals surface area (Å²) in [5, 5.41) is 9.43. The number of hydrogen-bond donors (Lipinski definition) is 0. The van der Waals surface area contributed by atoms with Crippen molar-refractivity contribution in [1.29, 1.82) is 0 Å². The van der Waals surface area contributed by atoms with Crippen molar-refractivity contribution in [2.24, 2.45) is 0 Å². The molecule has 0 spiro atoms. The molecule has 0 saturated heterocycles. The lowest BCUT2D eigenvalue weighted by molar-refractivity contribution is 1.10. The van der Waals surface area contributed by atoms with E-state index in [9.17, 15) is 0 Å². The Balaban J connectivity index is 1.09. The van der Waals surface area contributed by atoms with Gasteiger partial charge >= 0.3 is 0 Å². The van der Waals surface area contributed by atoms with E-state index >= 15 is 0 Å². The van der Waals surface area contributed by atoms with Gasteiger partial charge in [-0.3, -0.25) is 0 Å². The third-order valence-corrected chi connectivity index (χ3v) is 15.2. The van der Waals surface area contributed by atoms with Crippen LogP contribution in [0, 0.1) is 13.8 Å². The highest BCUT2D eigenvalue weighted by Gasteiger charge is 2.25. The van der Waals surface area contributed by atoms with Gasteiger partial charge in [-0.05, 0) is 180 Å². The number of hydrogen-bond acceptors (Lipinski definition) is 4. The lowest BCUT2D eigenvalue weighted by Crippen LogP contribution is -2.13. The summed E-state index contributed by atoms with van der Waals surface area (Å²) in [5.41, 5.74) is 19.3. The Kier molecular flexibility index (Phi) is 9.89. The SMILES string of the molecule is CCc1cccc(C)c1N(c1ccccc1)c1ccc(-n2c3cc4ccsc4cc3c3c2c2cc4sccc4cc2n3-c2ccc(N(c3ccccc3)c3c(C)cccc3CC)cc2)cc1. The van der Waals surface area contributed by atoms with Crippen molar-refractivity contribution in [2.75, 3.05) is 9.80 Å². The molecule has 8 aromatic carbocycles. The molecule has 0 fully saturated rings. The van der Waals surface area contributed by atoms with E-state index in [0.29, 0.717) is 0 Å². The minimum atomic E-state index is 0.949. The zero-order valence-electron chi connectivity index (χ0n) is 37.5. The molecule has 0 amide bonds. The van der Waals surface area contributed by atoms with Crippen LogP contribution >= 0.6 is 22.7 Å². The first-order valence-electron chi connectivity index (χ1n) is 22.9. The molecular weight excluding hydrogens is 841 g/mol. The highest BCUT2D eigenvalue weighted by atomic mass is 32.1. The molecule has 0 aliphatic rings. The van der Waals surface area contributed by atoms with Gasteiger partial charge in [0.05, 0.1) is 33.4 Å². The molecule has 6 heteroatoms. The fraction of sp³-hybridized carbons (Fsp3) is 0.100. The second-order valence-electron chi connectivity index (χ2n) is 17.3. The zero-order chi connectivity index (χ0) is 44.5. The number of para-hydroxylation sites is 4. The number of rotatable bonds is 10. The van der Waals surface area contributed by atoms with Crippen LogP contribution in [0.3, 0.4) is 0 Å². The molecule has 0 bridgehead atoms. The lowest BCUT2D eigenvalue weighted by atomic mass is 10.0. The average Bonchev–Trinajstić information content (AvgIpc) is 4.16. The molecule has 12 aromatic rings. The molecule has 12 rings (SSSR count). The molecule has 0 unspecified atom stereocenters. The number of aryl methyl sites for hydroxylation is 4. The number of fused-ring (bicyclic) bond motifs is 7. The molecule has 0 aliphatic heterocycles. The minimum absolute atomic E-state index is 0.949. The maximum absolute atomic E-state index is 2.53. The van der Waals surface area contributed by atoms with Crippen molar-refractivity contribution in [3.63, 3.8) is 0 Å². The van der Waals surface area contributed by atoms with Gasteiger partial charge in [-0.15, -0.1) is 22.7 Å². The van der Waals surface area contributed by atoms with Crippen LogP contribution in [0.2, 0.25) is 0 Å². The first-order valence-corrected chi connectivity index (χ1v) is 24.7. The van der Waals surface area contributed by atoms with Crippen molar-refractivity contribution in [2.45, 2.75) is 40.5 Å². The maximum Gasteiger partial charge on any atom is 0.0804 e. The monoisotopic (exact) mass is 888 g/mol. The van der Waals surface area contributed by atoms with E-state index in [2.05, 4.69) is 239 Å². The third-order valence-electron chi connectivity index (χ3n) is 13.4. The van der Waals surface area contributed by atoms with Gasteiger partial charge in [-0.2, -0.15) is 0 Å². The molecule has 4 nitrogen and oxygen atoms in total. The van der Waals surface area contributed by atoms with Gasteiger partial charge in [0.25, 0.3) is 0 Å². The van der Waals surface area contributed by atoms with Crippen LogP contribution in [0.4, 0.5) is 34.1 Å². The van der Waals surface area contributed by atoms with Gasteiger partial charge in [-0.25, -0.2) is 0 Å². The normalized spacial score (nSPS) is 11.8. The van der Waals surface area contributed by atoms with E-state index in [0.717, 1.165) is 47.0 Å². The summed E-state index contributed by atoms with van der Waals surface area (Å²) >= 11 is 3.62. The summed E-state index contributed by atoms with van der Waals surface area (Å²) in [4.78, 5) is 4.86. The molecule has 4 heterocycles. The van der Waals surface area contributed by atoms with Gasteiger partial charge in [0, 0.05) is 54.3 Å². The van der Waals surface area contributed by atoms with Crippen LogP contribution in [-0.2, 0) is 12.8 Å². The predicted molar refractivity (Wildman–Crippen MR) is 286 cm³/mol. The molecule has 0 atom stereocenters. The van der Waals surface area contributed by atoms with Gasteiger partial charge in [0.2, 0.25) is 0 Å². The molecule has 0 aliphatic carbocycles. The van der Waals surface area contributed by atoms with Crippen LogP contribution in [0.5, 0.6) is 0 Å². The van der Waals surface area contributed by atoms with Crippen molar-refractivity contribution < 1.29 is 0 Å². The van der Waals surface area contributed by atoms with Gasteiger partial charge < -0.3 is 18.9 Å². The van der Waals surface area contributed by atoms with Crippen molar-refractivity contribution in [3.8, 4) is 11.4 Å². The second-order valence-corrected chi connectivity index (χ2v) is 19.2. The highest BCUT2D eigenvalue weighted by Crippen LogP contribution is 2.46. The summed E-state index contributed by atoms with van der Waals surface area (Å²) in [6.07, 6.45) is 1.90. The summed E-state index contributed by atoms with van der Waals surface area (Å²) in [6.45, 7) is 8.96. The third kappa shape index (κ3) is 6.46. The number of nitrogens with zero attached hydrogens (tertiary/aromatic N) is 4. The molecule has 4 aromatic heterocycles. The van der Waals surface area contributed by atoms with Crippen molar-refractivity contribution in [1.82, 2.24) is 9.13 Å². The molecule has 0 radical (unpaired) electrons. The van der Waals surface area contributed by atoms with E-state index in [1.54, 1.807) is 0 Å². The average molecular weight is 889 g/mol. The highest BCUT2D eigenvalue weighted by molar-refractivity contribution is 7.17. The van der Waals surface area contributed by atoms with Crippen LogP contribution < -0.4 is 9.80 Å². The first-order chi connectivity index (χ1) is 32.5. The Hall–Kier alpha value is -7.38. The van der Waals surface area contributed by atoms with Crippen LogP contribution in [0.25, 0.3) is 64.4 Å². The summed E-state index contributed by atoms with van der Waals surface area (Å²) in [7, 11) is 0. The van der Waals surface area contributed by atoms with Crippen LogP contribution in [-0.4, -0.2) is 9.13 Å². The van der Waals surface area contributed by atoms with E-state index in [1.165, 1.54) is 86.6 Å². The number of benzene rings is 8. The van der Waals surface area contributed by atoms with E-state index in [-0.39, 0.29) is 0 Å². The Morgan fingerprint density at radius 3 is 1.20 bits per heavy atom. The van der Waals surface area contributed by atoms with E-state index in [1.807, 2.05) is 22.7 Å². The minimum Gasteiger partial charge on any atom is -0.310 e. The Bertz CT molecular complexity index is 3490. The van der Waals surface area contributed by atoms with E-state index in [4.69, 9.17) is 0 Å². The number of anilines is 6. The van der Waals surface area contributed by atoms with Crippen LogP contribution in [0.1, 0.15) is 36.1 Å². The van der Waals surface area contributed by atoms with Gasteiger partial charge in [0.15, 0.2) is 0 Å². The summed E-state index contributed by atoms with van der Waals surface area (Å²) in [5.74, 6) is 0. The molecule has 320 valence electrons. The Labute approximate surface area is 393 Å². The fourth-order valence-electron chi connectivity index (χ4n) is 10.3. The molecule has 0 N–H and O–H groups in total. The zero-order valence-corrected chi connectivity index (χ0v) is 39.1. The maximum atomic E-state index is 2.53. The fourth-order valence-corrected chi connectivity index (χ4v) is 12.0. The predicted octanol–water partition coefficient (Wildman–Crippen LogP) is 17.8. The largest absolute Gasteiger partial charge is 0.310 e. The number of thiophene rings is 2. The van der Waals surface area contributed by atoms with Crippen molar-refractivity contribution in [3.05, 3.63) is 215 Å². The first kappa shape index (κ1) is 40.2. The van der Waals surface area contributed by atoms with Crippen LogP contribution in [0.15, 0.2) is 193 Å². The smallest absolute Gasteiger partial charge is 0.0804 e. The molecule has 66 heavy (non-hydrogen) atoms. The van der Waals surface area contributed by atoms with Crippen molar-refractivity contribution >= 4 is 110 Å². The lowest BCUT2D eigenvalue weighted by Gasteiger charge is -2.29. The topological polar surface area (TPSA) is 16.3 Å². The molecular formula is C60H48N4S2. The number of aromatic nitrogens is 2.